The van der Waals surface area contributed by atoms with Crippen LogP contribution in [0.25, 0.3) is 11.5 Å². The number of aliphatic hydroxyl groups excluding tert-OH is 1. The third-order valence-electron chi connectivity index (χ3n) is 3.15. The van der Waals surface area contributed by atoms with Crippen LogP contribution in [0.1, 0.15) is 5.69 Å². The van der Waals surface area contributed by atoms with Crippen molar-refractivity contribution in [3.63, 3.8) is 0 Å². The molecule has 2 N–H and O–H groups in total. The van der Waals surface area contributed by atoms with E-state index in [9.17, 15) is 18.0 Å². The quantitative estimate of drug-likeness (QED) is 0.894. The molecule has 0 saturated heterocycles. The molecule has 0 fully saturated rings. The van der Waals surface area contributed by atoms with Crippen molar-refractivity contribution in [2.24, 2.45) is 0 Å². The molecule has 0 saturated carbocycles. The smallest absolute Gasteiger partial charge is 0.416 e. The Hall–Kier alpha value is -2.55. The molecule has 0 radical (unpaired) electrons. The molecule has 1 aromatic carbocycles. The molecule has 1 heterocycles. The summed E-state index contributed by atoms with van der Waals surface area (Å²) < 4.78 is 42.2. The number of alkyl halides is 3. The molecule has 0 bridgehead atoms. The highest BCUT2D eigenvalue weighted by molar-refractivity contribution is 5.89. The SMILES string of the molecule is Cc1coc(-c2cccc(NC(=O)N(C)C[C@@H](O)C(F)(F)F)c2)n1. The number of rotatable bonds is 4. The summed E-state index contributed by atoms with van der Waals surface area (Å²) in [5, 5.41) is 11.5. The van der Waals surface area contributed by atoms with Crippen LogP contribution >= 0.6 is 0 Å². The van der Waals surface area contributed by atoms with Gasteiger partial charge in [-0.05, 0) is 25.1 Å². The van der Waals surface area contributed by atoms with Crippen LogP contribution in [0.15, 0.2) is 34.9 Å². The summed E-state index contributed by atoms with van der Waals surface area (Å²) in [7, 11) is 1.16. The van der Waals surface area contributed by atoms with Gasteiger partial charge in [-0.2, -0.15) is 13.2 Å². The van der Waals surface area contributed by atoms with Crippen molar-refractivity contribution in [3.05, 3.63) is 36.2 Å². The summed E-state index contributed by atoms with van der Waals surface area (Å²) >= 11 is 0. The van der Waals surface area contributed by atoms with E-state index >= 15 is 0 Å². The van der Waals surface area contributed by atoms with E-state index in [1.165, 1.54) is 6.26 Å². The van der Waals surface area contributed by atoms with Crippen molar-refractivity contribution in [2.45, 2.75) is 19.2 Å². The average molecular weight is 343 g/mol. The van der Waals surface area contributed by atoms with E-state index in [2.05, 4.69) is 10.3 Å². The van der Waals surface area contributed by atoms with Crippen molar-refractivity contribution in [1.29, 1.82) is 0 Å². The maximum atomic E-state index is 12.3. The first kappa shape index (κ1) is 17.8. The Morgan fingerprint density at radius 3 is 2.75 bits per heavy atom. The van der Waals surface area contributed by atoms with Crippen molar-refractivity contribution < 1.29 is 27.5 Å². The number of anilines is 1. The fraction of sp³-hybridized carbons (Fsp3) is 0.333. The van der Waals surface area contributed by atoms with E-state index in [-0.39, 0.29) is 0 Å². The number of nitrogens with one attached hydrogen (secondary N) is 1. The van der Waals surface area contributed by atoms with E-state index in [1.54, 1.807) is 31.2 Å². The number of urea groups is 1. The van der Waals surface area contributed by atoms with Gasteiger partial charge in [0, 0.05) is 18.3 Å². The summed E-state index contributed by atoms with van der Waals surface area (Å²) in [6.07, 6.45) is -5.90. The average Bonchev–Trinajstić information content (AvgIpc) is 2.93. The molecule has 0 unspecified atom stereocenters. The molecule has 2 amide bonds. The topological polar surface area (TPSA) is 78.6 Å². The number of hydrogen-bond acceptors (Lipinski definition) is 4. The van der Waals surface area contributed by atoms with E-state index < -0.39 is 24.9 Å². The first-order chi connectivity index (χ1) is 11.2. The number of halogens is 3. The largest absolute Gasteiger partial charge is 0.444 e. The number of hydrogen-bond donors (Lipinski definition) is 2. The second kappa shape index (κ2) is 6.91. The van der Waals surface area contributed by atoms with Gasteiger partial charge in [0.2, 0.25) is 5.89 Å². The minimum atomic E-state index is -4.78. The van der Waals surface area contributed by atoms with Crippen molar-refractivity contribution >= 4 is 11.7 Å². The number of aryl methyl sites for hydroxylation is 1. The van der Waals surface area contributed by atoms with Crippen LogP contribution in [0.3, 0.4) is 0 Å². The highest BCUT2D eigenvalue weighted by Gasteiger charge is 2.39. The maximum Gasteiger partial charge on any atom is 0.416 e. The Kier molecular flexibility index (Phi) is 5.13. The number of carbonyl (C=O) groups excluding carboxylic acids is 1. The lowest BCUT2D eigenvalue weighted by Crippen LogP contribution is -2.43. The molecule has 0 spiro atoms. The van der Waals surface area contributed by atoms with E-state index in [0.717, 1.165) is 11.9 Å². The molecule has 1 atom stereocenters. The second-order valence-corrected chi connectivity index (χ2v) is 5.24. The number of benzene rings is 1. The molecule has 2 aromatic rings. The molecule has 9 heteroatoms. The van der Waals surface area contributed by atoms with E-state index in [4.69, 9.17) is 9.52 Å². The number of carbonyl (C=O) groups is 1. The van der Waals surface area contributed by atoms with Gasteiger partial charge in [0.15, 0.2) is 6.10 Å². The van der Waals surface area contributed by atoms with Crippen molar-refractivity contribution in [3.8, 4) is 11.5 Å². The van der Waals surface area contributed by atoms with Gasteiger partial charge in [0.25, 0.3) is 0 Å². The molecule has 0 aliphatic rings. The van der Waals surface area contributed by atoms with Crippen LogP contribution in [0.5, 0.6) is 0 Å². The summed E-state index contributed by atoms with van der Waals surface area (Å²) in [4.78, 5) is 16.8. The zero-order chi connectivity index (χ0) is 17.9. The number of amides is 2. The Morgan fingerprint density at radius 2 is 2.17 bits per heavy atom. The third kappa shape index (κ3) is 4.48. The Bertz CT molecular complexity index is 715. The molecule has 1 aromatic heterocycles. The predicted octanol–water partition coefficient (Wildman–Crippen LogP) is 3.04. The van der Waals surface area contributed by atoms with Crippen LogP contribution in [-0.2, 0) is 0 Å². The lowest BCUT2D eigenvalue weighted by Gasteiger charge is -2.22. The number of likely N-dealkylation sites (N-methyl/N-ethyl adjacent to an activating group) is 1. The van der Waals surface area contributed by atoms with Crippen LogP contribution in [0.4, 0.5) is 23.7 Å². The minimum Gasteiger partial charge on any atom is -0.444 e. The highest BCUT2D eigenvalue weighted by atomic mass is 19.4. The molecule has 2 rings (SSSR count). The molecule has 0 aliphatic heterocycles. The molecular weight excluding hydrogens is 327 g/mol. The summed E-state index contributed by atoms with van der Waals surface area (Å²) in [6, 6.07) is 5.74. The van der Waals surface area contributed by atoms with Crippen molar-refractivity contribution in [1.82, 2.24) is 9.88 Å². The predicted molar refractivity (Wildman–Crippen MR) is 80.4 cm³/mol. The zero-order valence-corrected chi connectivity index (χ0v) is 13.0. The number of oxazole rings is 1. The van der Waals surface area contributed by atoms with Crippen LogP contribution in [-0.4, -0.2) is 46.9 Å². The van der Waals surface area contributed by atoms with E-state index in [0.29, 0.717) is 22.8 Å². The van der Waals surface area contributed by atoms with Gasteiger partial charge >= 0.3 is 12.2 Å². The molecule has 24 heavy (non-hydrogen) atoms. The van der Waals surface area contributed by atoms with Gasteiger partial charge in [-0.15, -0.1) is 0 Å². The fourth-order valence-corrected chi connectivity index (χ4v) is 1.88. The lowest BCUT2D eigenvalue weighted by molar-refractivity contribution is -0.205. The Balaban J connectivity index is 2.04. The van der Waals surface area contributed by atoms with Gasteiger partial charge in [-0.1, -0.05) is 6.07 Å². The number of aromatic nitrogens is 1. The second-order valence-electron chi connectivity index (χ2n) is 5.24. The maximum absolute atomic E-state index is 12.3. The van der Waals surface area contributed by atoms with Crippen LogP contribution in [0, 0.1) is 6.92 Å². The zero-order valence-electron chi connectivity index (χ0n) is 13.0. The van der Waals surface area contributed by atoms with E-state index in [1.807, 2.05) is 0 Å². The first-order valence-corrected chi connectivity index (χ1v) is 6.96. The Morgan fingerprint density at radius 1 is 1.46 bits per heavy atom. The minimum absolute atomic E-state index is 0.363. The summed E-state index contributed by atoms with van der Waals surface area (Å²) in [6.45, 7) is 0.896. The van der Waals surface area contributed by atoms with Gasteiger partial charge in [-0.3, -0.25) is 0 Å². The standard InChI is InChI=1S/C15H16F3N3O3/c1-9-8-24-13(19-9)10-4-3-5-11(6-10)20-14(23)21(2)7-12(22)15(16,17)18/h3-6,8,12,22H,7H2,1-2H3,(H,20,23)/t12-/m1/s1. The van der Waals surface area contributed by atoms with Gasteiger partial charge < -0.3 is 19.7 Å². The number of aliphatic hydroxyl groups is 1. The number of nitrogens with zero attached hydrogens (tertiary/aromatic N) is 2. The normalized spacial score (nSPS) is 12.8. The first-order valence-electron chi connectivity index (χ1n) is 6.96. The van der Waals surface area contributed by atoms with Crippen molar-refractivity contribution in [2.75, 3.05) is 18.9 Å². The third-order valence-corrected chi connectivity index (χ3v) is 3.15. The van der Waals surface area contributed by atoms with Crippen LogP contribution < -0.4 is 5.32 Å². The molecular formula is C15H16F3N3O3. The summed E-state index contributed by atoms with van der Waals surface area (Å²) in [5.41, 5.74) is 1.67. The van der Waals surface area contributed by atoms with Gasteiger partial charge in [-0.25, -0.2) is 9.78 Å². The molecule has 6 nitrogen and oxygen atoms in total. The highest BCUT2D eigenvalue weighted by Crippen LogP contribution is 2.23. The van der Waals surface area contributed by atoms with Gasteiger partial charge in [0.05, 0.1) is 12.2 Å². The molecule has 0 aliphatic carbocycles. The summed E-state index contributed by atoms with van der Waals surface area (Å²) in [5.74, 6) is 0.365. The monoisotopic (exact) mass is 343 g/mol. The lowest BCUT2D eigenvalue weighted by atomic mass is 10.2. The fourth-order valence-electron chi connectivity index (χ4n) is 1.88. The van der Waals surface area contributed by atoms with Crippen LogP contribution in [0.2, 0.25) is 0 Å². The van der Waals surface area contributed by atoms with Gasteiger partial charge in [0.1, 0.15) is 6.26 Å². The Labute approximate surface area is 135 Å². The molecule has 130 valence electrons.